The Hall–Kier alpha value is -2.82. The van der Waals surface area contributed by atoms with Crippen molar-refractivity contribution < 1.29 is 23.8 Å². The predicted molar refractivity (Wildman–Crippen MR) is 147 cm³/mol. The van der Waals surface area contributed by atoms with Gasteiger partial charge in [-0.1, -0.05) is 52.9 Å². The average molecular weight is 509 g/mol. The lowest BCUT2D eigenvalue weighted by molar-refractivity contribution is -0.140. The van der Waals surface area contributed by atoms with E-state index in [4.69, 9.17) is 14.2 Å². The summed E-state index contributed by atoms with van der Waals surface area (Å²) in [5, 5.41) is 0. The zero-order valence-corrected chi connectivity index (χ0v) is 22.9. The molecule has 1 aliphatic rings. The topological polar surface area (TPSA) is 61.8 Å². The van der Waals surface area contributed by atoms with Crippen LogP contribution >= 0.6 is 0 Å². The van der Waals surface area contributed by atoms with Crippen molar-refractivity contribution in [2.75, 3.05) is 6.61 Å². The van der Waals surface area contributed by atoms with Crippen molar-refractivity contribution in [3.8, 4) is 17.2 Å². The third kappa shape index (κ3) is 9.87. The summed E-state index contributed by atoms with van der Waals surface area (Å²) in [6.07, 6.45) is 12.5. The van der Waals surface area contributed by atoms with Crippen LogP contribution in [0.25, 0.3) is 0 Å². The molecule has 0 aliphatic heterocycles. The Bertz CT molecular complexity index is 942. The highest BCUT2D eigenvalue weighted by atomic mass is 16.5. The molecular formula is C32H44O5. The molecule has 2 aromatic rings. The number of rotatable bonds is 14. The standard InChI is InChI=1S/C32H44O5/c1-4-6-7-10-25-11-13-26(14-12-25)31(33)36-29-19-21-30(22-20-29)37-32(34)27-15-17-28(18-16-27)35-23-8-9-24(3)5-2/h15-22,24-26H,4-14,23H2,1-3H3/t24-,25?,26?/m0/s1. The molecule has 0 saturated heterocycles. The molecule has 0 N–H and O–H groups in total. The Balaban J connectivity index is 1.40. The summed E-state index contributed by atoms with van der Waals surface area (Å²) in [4.78, 5) is 25.1. The van der Waals surface area contributed by atoms with E-state index in [1.807, 2.05) is 0 Å². The minimum absolute atomic E-state index is 0.0215. The molecule has 2 aromatic carbocycles. The van der Waals surface area contributed by atoms with E-state index in [1.54, 1.807) is 48.5 Å². The van der Waals surface area contributed by atoms with Crippen molar-refractivity contribution in [1.82, 2.24) is 0 Å². The van der Waals surface area contributed by atoms with E-state index in [0.29, 0.717) is 29.6 Å². The van der Waals surface area contributed by atoms with Gasteiger partial charge in [0.2, 0.25) is 0 Å². The van der Waals surface area contributed by atoms with Crippen LogP contribution in [-0.2, 0) is 4.79 Å². The van der Waals surface area contributed by atoms with Gasteiger partial charge in [0.15, 0.2) is 0 Å². The molecule has 5 nitrogen and oxygen atoms in total. The molecule has 0 heterocycles. The predicted octanol–water partition coefficient (Wildman–Crippen LogP) is 8.40. The van der Waals surface area contributed by atoms with Gasteiger partial charge >= 0.3 is 11.9 Å². The van der Waals surface area contributed by atoms with Gasteiger partial charge in [0.1, 0.15) is 17.2 Å². The fourth-order valence-electron chi connectivity index (χ4n) is 4.82. The Morgan fingerprint density at radius 3 is 2.05 bits per heavy atom. The van der Waals surface area contributed by atoms with E-state index in [9.17, 15) is 9.59 Å². The largest absolute Gasteiger partial charge is 0.494 e. The fourth-order valence-corrected chi connectivity index (χ4v) is 4.82. The molecule has 37 heavy (non-hydrogen) atoms. The highest BCUT2D eigenvalue weighted by Crippen LogP contribution is 2.33. The van der Waals surface area contributed by atoms with Crippen molar-refractivity contribution in [2.45, 2.75) is 91.4 Å². The molecular weight excluding hydrogens is 464 g/mol. The second-order valence-corrected chi connectivity index (χ2v) is 10.5. The Kier molecular flexibility index (Phi) is 12.0. The third-order valence-electron chi connectivity index (χ3n) is 7.55. The first-order valence-electron chi connectivity index (χ1n) is 14.2. The summed E-state index contributed by atoms with van der Waals surface area (Å²) in [6, 6.07) is 13.7. The van der Waals surface area contributed by atoms with Crippen molar-refractivity contribution >= 4 is 11.9 Å². The Morgan fingerprint density at radius 2 is 1.43 bits per heavy atom. The van der Waals surface area contributed by atoms with Crippen LogP contribution < -0.4 is 14.2 Å². The first kappa shape index (κ1) is 28.7. The van der Waals surface area contributed by atoms with Gasteiger partial charge in [0, 0.05) is 0 Å². The van der Waals surface area contributed by atoms with Gasteiger partial charge < -0.3 is 14.2 Å². The first-order chi connectivity index (χ1) is 18.0. The van der Waals surface area contributed by atoms with E-state index >= 15 is 0 Å². The van der Waals surface area contributed by atoms with Gasteiger partial charge in [-0.25, -0.2) is 4.79 Å². The van der Waals surface area contributed by atoms with Gasteiger partial charge in [0.25, 0.3) is 0 Å². The molecule has 3 rings (SSSR count). The van der Waals surface area contributed by atoms with E-state index in [0.717, 1.165) is 50.2 Å². The number of unbranched alkanes of at least 4 members (excludes halogenated alkanes) is 2. The molecule has 202 valence electrons. The lowest BCUT2D eigenvalue weighted by Crippen LogP contribution is -2.25. The Morgan fingerprint density at radius 1 is 0.811 bits per heavy atom. The molecule has 1 saturated carbocycles. The SMILES string of the molecule is CCCCCC1CCC(C(=O)Oc2ccc(OC(=O)c3ccc(OCCC[C@@H](C)CC)cc3)cc2)CC1. The van der Waals surface area contributed by atoms with Crippen molar-refractivity contribution in [3.05, 3.63) is 54.1 Å². The van der Waals surface area contributed by atoms with Crippen LogP contribution in [-0.4, -0.2) is 18.5 Å². The molecule has 0 radical (unpaired) electrons. The lowest BCUT2D eigenvalue weighted by Gasteiger charge is -2.27. The van der Waals surface area contributed by atoms with Gasteiger partial charge in [-0.3, -0.25) is 4.79 Å². The minimum atomic E-state index is -0.441. The smallest absolute Gasteiger partial charge is 0.343 e. The summed E-state index contributed by atoms with van der Waals surface area (Å²) in [5.74, 6) is 2.48. The van der Waals surface area contributed by atoms with Gasteiger partial charge in [0.05, 0.1) is 18.1 Å². The van der Waals surface area contributed by atoms with Crippen LogP contribution in [0.5, 0.6) is 17.2 Å². The van der Waals surface area contributed by atoms with Crippen LogP contribution in [0.3, 0.4) is 0 Å². The quantitative estimate of drug-likeness (QED) is 0.146. The van der Waals surface area contributed by atoms with Crippen molar-refractivity contribution in [3.63, 3.8) is 0 Å². The third-order valence-corrected chi connectivity index (χ3v) is 7.55. The van der Waals surface area contributed by atoms with Crippen LogP contribution in [0.4, 0.5) is 0 Å². The summed E-state index contributed by atoms with van der Waals surface area (Å²) >= 11 is 0. The lowest BCUT2D eigenvalue weighted by atomic mass is 9.80. The molecule has 0 bridgehead atoms. The van der Waals surface area contributed by atoms with Crippen molar-refractivity contribution in [2.24, 2.45) is 17.8 Å². The summed E-state index contributed by atoms with van der Waals surface area (Å²) in [6.45, 7) is 7.36. The van der Waals surface area contributed by atoms with Gasteiger partial charge in [-0.05, 0) is 98.9 Å². The molecule has 1 aliphatic carbocycles. The number of carbonyl (C=O) groups excluding carboxylic acids is 2. The van der Waals surface area contributed by atoms with Crippen LogP contribution in [0.15, 0.2) is 48.5 Å². The number of hydrogen-bond donors (Lipinski definition) is 0. The zero-order valence-electron chi connectivity index (χ0n) is 22.9. The Labute approximate surface area is 222 Å². The minimum Gasteiger partial charge on any atom is -0.494 e. The number of carbonyl (C=O) groups is 2. The van der Waals surface area contributed by atoms with Gasteiger partial charge in [-0.2, -0.15) is 0 Å². The maximum absolute atomic E-state index is 12.6. The van der Waals surface area contributed by atoms with E-state index in [-0.39, 0.29) is 11.9 Å². The second kappa shape index (κ2) is 15.4. The normalized spacial score (nSPS) is 18.1. The summed E-state index contributed by atoms with van der Waals surface area (Å²) in [7, 11) is 0. The molecule has 0 unspecified atom stereocenters. The number of ether oxygens (including phenoxy) is 3. The average Bonchev–Trinajstić information content (AvgIpc) is 2.92. The molecule has 0 spiro atoms. The molecule has 0 aromatic heterocycles. The molecule has 5 heteroatoms. The highest BCUT2D eigenvalue weighted by Gasteiger charge is 2.27. The maximum Gasteiger partial charge on any atom is 0.343 e. The molecule has 0 amide bonds. The van der Waals surface area contributed by atoms with E-state index < -0.39 is 5.97 Å². The highest BCUT2D eigenvalue weighted by molar-refractivity contribution is 5.91. The summed E-state index contributed by atoms with van der Waals surface area (Å²) in [5.41, 5.74) is 0.452. The molecule has 1 atom stereocenters. The number of esters is 2. The number of benzene rings is 2. The second-order valence-electron chi connectivity index (χ2n) is 10.5. The summed E-state index contributed by atoms with van der Waals surface area (Å²) < 4.78 is 16.9. The van der Waals surface area contributed by atoms with Crippen LogP contribution in [0, 0.1) is 17.8 Å². The maximum atomic E-state index is 12.6. The van der Waals surface area contributed by atoms with E-state index in [2.05, 4.69) is 20.8 Å². The zero-order chi connectivity index (χ0) is 26.5. The van der Waals surface area contributed by atoms with Gasteiger partial charge in [-0.15, -0.1) is 0 Å². The van der Waals surface area contributed by atoms with E-state index in [1.165, 1.54) is 32.1 Å². The fraction of sp³-hybridized carbons (Fsp3) is 0.562. The molecule has 1 fully saturated rings. The van der Waals surface area contributed by atoms with Crippen LogP contribution in [0.2, 0.25) is 0 Å². The van der Waals surface area contributed by atoms with Crippen molar-refractivity contribution in [1.29, 1.82) is 0 Å². The monoisotopic (exact) mass is 508 g/mol. The number of hydrogen-bond acceptors (Lipinski definition) is 5. The van der Waals surface area contributed by atoms with Crippen LogP contribution in [0.1, 0.15) is 102 Å². The first-order valence-corrected chi connectivity index (χ1v) is 14.2.